The Morgan fingerprint density at radius 2 is 2.15 bits per heavy atom. The Labute approximate surface area is 199 Å². The van der Waals surface area contributed by atoms with Crippen LogP contribution in [0, 0.1) is 5.92 Å². The van der Waals surface area contributed by atoms with Crippen molar-refractivity contribution in [3.05, 3.63) is 59.4 Å². The minimum absolute atomic E-state index is 0.0172. The first-order chi connectivity index (χ1) is 16.2. The van der Waals surface area contributed by atoms with E-state index in [1.165, 1.54) is 31.3 Å². The maximum atomic E-state index is 12.9. The molecule has 1 N–H and O–H groups in total. The molecule has 2 aromatic heterocycles. The molecule has 1 amide bonds. The molecule has 1 aliphatic carbocycles. The van der Waals surface area contributed by atoms with E-state index in [0.717, 1.165) is 54.9 Å². The molecule has 0 saturated carbocycles. The number of carbonyl (C=O) groups excluding carboxylic acids is 1. The number of piperidine rings is 1. The highest BCUT2D eigenvalue weighted by Crippen LogP contribution is 2.29. The van der Waals surface area contributed by atoms with Gasteiger partial charge >= 0.3 is 0 Å². The van der Waals surface area contributed by atoms with E-state index in [9.17, 15) is 4.79 Å². The van der Waals surface area contributed by atoms with Gasteiger partial charge in [0.1, 0.15) is 5.52 Å². The molecule has 1 saturated heterocycles. The first kappa shape index (κ1) is 22.0. The van der Waals surface area contributed by atoms with Crippen LogP contribution in [0.25, 0.3) is 16.8 Å². The summed E-state index contributed by atoms with van der Waals surface area (Å²) in [6, 6.07) is 9.76. The van der Waals surface area contributed by atoms with Crippen LogP contribution in [0.3, 0.4) is 0 Å². The predicted octanol–water partition coefficient (Wildman–Crippen LogP) is 5.27. The Bertz CT molecular complexity index is 1170. The summed E-state index contributed by atoms with van der Waals surface area (Å²) in [5, 5.41) is 8.60. The molecule has 1 unspecified atom stereocenters. The number of anilines is 1. The number of benzene rings is 1. The van der Waals surface area contributed by atoms with E-state index in [1.54, 1.807) is 6.20 Å². The molecule has 6 nitrogen and oxygen atoms in total. The van der Waals surface area contributed by atoms with Crippen molar-refractivity contribution in [3.63, 3.8) is 0 Å². The van der Waals surface area contributed by atoms with Gasteiger partial charge in [0, 0.05) is 42.6 Å². The van der Waals surface area contributed by atoms with Crippen molar-refractivity contribution in [2.45, 2.75) is 44.9 Å². The normalized spacial score (nSPS) is 18.9. The molecule has 172 valence electrons. The summed E-state index contributed by atoms with van der Waals surface area (Å²) >= 11 is 6.18. The molecule has 1 atom stereocenters. The fraction of sp³-hybridized carbons (Fsp3) is 0.423. The number of fused-ring (bicyclic) bond motifs is 1. The van der Waals surface area contributed by atoms with E-state index in [0.29, 0.717) is 11.6 Å². The molecule has 1 fully saturated rings. The number of hydrogen-bond donors (Lipinski definition) is 1. The zero-order valence-electron chi connectivity index (χ0n) is 18.8. The standard InChI is InChI=1S/C26H30ClN5O/c27-22-10-4-8-20(16-22)23-17-24-25(28-13-15-32(24)30-23)31-14-5-9-21(18-31)26(33)29-12-11-19-6-2-1-3-7-19/h4,6,8,10,13,15-17,21H,1-3,5,7,9,11-12,14,18H2,(H,29,33). The van der Waals surface area contributed by atoms with Crippen LogP contribution in [0.2, 0.25) is 5.02 Å². The number of nitrogens with one attached hydrogen (secondary N) is 1. The van der Waals surface area contributed by atoms with E-state index in [1.807, 2.05) is 35.0 Å². The lowest BCUT2D eigenvalue weighted by molar-refractivity contribution is -0.125. The topological polar surface area (TPSA) is 62.5 Å². The Kier molecular flexibility index (Phi) is 6.63. The number of aromatic nitrogens is 3. The van der Waals surface area contributed by atoms with Crippen LogP contribution in [0.1, 0.15) is 44.9 Å². The fourth-order valence-electron chi connectivity index (χ4n) is 4.95. The summed E-state index contributed by atoms with van der Waals surface area (Å²) in [5.41, 5.74) is 4.27. The van der Waals surface area contributed by atoms with Gasteiger partial charge in [0.25, 0.3) is 0 Å². The number of halogens is 1. The molecule has 0 radical (unpaired) electrons. The fourth-order valence-corrected chi connectivity index (χ4v) is 5.14. The van der Waals surface area contributed by atoms with Crippen LogP contribution >= 0.6 is 11.6 Å². The largest absolute Gasteiger partial charge is 0.355 e. The summed E-state index contributed by atoms with van der Waals surface area (Å²) in [7, 11) is 0. The average Bonchev–Trinajstić information content (AvgIpc) is 3.29. The molecule has 0 bridgehead atoms. The SMILES string of the molecule is O=C(NCCC1=CCCCC1)C1CCCN(c2nccn3nc(-c4cccc(Cl)c4)cc23)C1. The second-order valence-electron chi connectivity index (χ2n) is 9.05. The second-order valence-corrected chi connectivity index (χ2v) is 9.49. The highest BCUT2D eigenvalue weighted by atomic mass is 35.5. The smallest absolute Gasteiger partial charge is 0.224 e. The van der Waals surface area contributed by atoms with Crippen LogP contribution in [-0.4, -0.2) is 40.1 Å². The maximum Gasteiger partial charge on any atom is 0.224 e. The van der Waals surface area contributed by atoms with Crippen molar-refractivity contribution in [3.8, 4) is 11.3 Å². The number of rotatable bonds is 6. The van der Waals surface area contributed by atoms with Crippen molar-refractivity contribution in [2.24, 2.45) is 5.92 Å². The zero-order valence-corrected chi connectivity index (χ0v) is 19.6. The molecular formula is C26H30ClN5O. The van der Waals surface area contributed by atoms with Gasteiger partial charge in [-0.05, 0) is 63.1 Å². The molecular weight excluding hydrogens is 434 g/mol. The minimum Gasteiger partial charge on any atom is -0.355 e. The first-order valence-electron chi connectivity index (χ1n) is 12.0. The summed E-state index contributed by atoms with van der Waals surface area (Å²) in [5.74, 6) is 1.02. The van der Waals surface area contributed by atoms with Crippen molar-refractivity contribution >= 4 is 28.8 Å². The molecule has 33 heavy (non-hydrogen) atoms. The van der Waals surface area contributed by atoms with E-state index in [-0.39, 0.29) is 11.8 Å². The van der Waals surface area contributed by atoms with Crippen molar-refractivity contribution in [2.75, 3.05) is 24.5 Å². The lowest BCUT2D eigenvalue weighted by Gasteiger charge is -2.33. The number of nitrogens with zero attached hydrogens (tertiary/aromatic N) is 4. The quantitative estimate of drug-likeness (QED) is 0.505. The Morgan fingerprint density at radius 1 is 1.21 bits per heavy atom. The van der Waals surface area contributed by atoms with E-state index in [2.05, 4.69) is 27.3 Å². The van der Waals surface area contributed by atoms with Crippen molar-refractivity contribution in [1.82, 2.24) is 19.9 Å². The number of carbonyl (C=O) groups is 1. The third-order valence-corrected chi connectivity index (χ3v) is 6.95. The highest BCUT2D eigenvalue weighted by molar-refractivity contribution is 6.30. The summed E-state index contributed by atoms with van der Waals surface area (Å²) in [6.45, 7) is 2.31. The molecule has 0 spiro atoms. The molecule has 7 heteroatoms. The summed E-state index contributed by atoms with van der Waals surface area (Å²) in [4.78, 5) is 19.8. The van der Waals surface area contributed by atoms with E-state index >= 15 is 0 Å². The van der Waals surface area contributed by atoms with Crippen LogP contribution in [0.5, 0.6) is 0 Å². The second kappa shape index (κ2) is 9.96. The molecule has 1 aliphatic heterocycles. The van der Waals surface area contributed by atoms with Gasteiger partial charge in [0.05, 0.1) is 11.6 Å². The highest BCUT2D eigenvalue weighted by Gasteiger charge is 2.27. The van der Waals surface area contributed by atoms with Crippen molar-refractivity contribution in [1.29, 1.82) is 0 Å². The van der Waals surface area contributed by atoms with Gasteiger partial charge in [0.15, 0.2) is 5.82 Å². The Morgan fingerprint density at radius 3 is 3.00 bits per heavy atom. The third kappa shape index (κ3) is 5.06. The zero-order chi connectivity index (χ0) is 22.6. The number of allylic oxidation sites excluding steroid dienone is 1. The predicted molar refractivity (Wildman–Crippen MR) is 133 cm³/mol. The first-order valence-corrected chi connectivity index (χ1v) is 12.4. The number of amides is 1. The number of hydrogen-bond acceptors (Lipinski definition) is 4. The Hall–Kier alpha value is -2.86. The summed E-state index contributed by atoms with van der Waals surface area (Å²) in [6.07, 6.45) is 13.8. The Balaban J connectivity index is 1.28. The van der Waals surface area contributed by atoms with Gasteiger partial charge in [-0.15, -0.1) is 0 Å². The van der Waals surface area contributed by atoms with Gasteiger partial charge < -0.3 is 10.2 Å². The average molecular weight is 464 g/mol. The van der Waals surface area contributed by atoms with E-state index in [4.69, 9.17) is 16.7 Å². The third-order valence-electron chi connectivity index (χ3n) is 6.71. The van der Waals surface area contributed by atoms with E-state index < -0.39 is 0 Å². The molecule has 5 rings (SSSR count). The van der Waals surface area contributed by atoms with Crippen LogP contribution in [-0.2, 0) is 4.79 Å². The lowest BCUT2D eigenvalue weighted by atomic mass is 9.96. The van der Waals surface area contributed by atoms with Crippen molar-refractivity contribution < 1.29 is 4.79 Å². The molecule has 3 heterocycles. The van der Waals surface area contributed by atoms with Gasteiger partial charge in [-0.1, -0.05) is 35.4 Å². The van der Waals surface area contributed by atoms with Gasteiger partial charge in [0.2, 0.25) is 5.91 Å². The molecule has 1 aromatic carbocycles. The minimum atomic E-state index is -0.0172. The molecule has 2 aliphatic rings. The van der Waals surface area contributed by atoms with Gasteiger partial charge in [-0.2, -0.15) is 5.10 Å². The maximum absolute atomic E-state index is 12.9. The van der Waals surface area contributed by atoms with Crippen LogP contribution < -0.4 is 10.2 Å². The van der Waals surface area contributed by atoms with Gasteiger partial charge in [-0.25, -0.2) is 9.50 Å². The molecule has 3 aromatic rings. The van der Waals surface area contributed by atoms with Crippen LogP contribution in [0.4, 0.5) is 5.82 Å². The summed E-state index contributed by atoms with van der Waals surface area (Å²) < 4.78 is 1.86. The van der Waals surface area contributed by atoms with Gasteiger partial charge in [-0.3, -0.25) is 4.79 Å². The van der Waals surface area contributed by atoms with Crippen LogP contribution in [0.15, 0.2) is 54.4 Å². The monoisotopic (exact) mass is 463 g/mol. The lowest BCUT2D eigenvalue weighted by Crippen LogP contribution is -2.43.